The molecule has 0 bridgehead atoms. The smallest absolute Gasteiger partial charge is 0.0147 e. The maximum absolute atomic E-state index is 2.39. The molecule has 1 saturated carbocycles. The van der Waals surface area contributed by atoms with Crippen molar-refractivity contribution in [2.24, 2.45) is 11.3 Å². The second-order valence-electron chi connectivity index (χ2n) is 3.80. The first-order valence-corrected chi connectivity index (χ1v) is 4.27. The van der Waals surface area contributed by atoms with Gasteiger partial charge in [-0.1, -0.05) is 31.9 Å². The van der Waals surface area contributed by atoms with E-state index >= 15 is 0 Å². The third kappa shape index (κ3) is 1.12. The Bertz CT molecular complexity index is 155. The molecule has 58 valence electrons. The summed E-state index contributed by atoms with van der Waals surface area (Å²) < 4.78 is 0. The minimum absolute atomic E-state index is 0.663. The van der Waals surface area contributed by atoms with Crippen LogP contribution in [0, 0.1) is 11.3 Å². The van der Waals surface area contributed by atoms with Gasteiger partial charge in [-0.2, -0.15) is 0 Å². The first kappa shape index (κ1) is 7.84. The molecule has 1 aliphatic rings. The van der Waals surface area contributed by atoms with E-state index < -0.39 is 0 Å². The predicted octanol–water partition coefficient (Wildman–Crippen LogP) is 3.39. The SMILES string of the molecule is CC=C(C)C1CC1(C)CC. The second-order valence-corrected chi connectivity index (χ2v) is 3.80. The molecule has 0 heteroatoms. The lowest BCUT2D eigenvalue weighted by Gasteiger charge is -2.06. The van der Waals surface area contributed by atoms with Gasteiger partial charge in [0.2, 0.25) is 0 Å². The summed E-state index contributed by atoms with van der Waals surface area (Å²) in [5.41, 5.74) is 2.25. The summed E-state index contributed by atoms with van der Waals surface area (Å²) in [5, 5.41) is 0. The molecule has 0 nitrogen and oxygen atoms in total. The molecule has 0 amide bonds. The lowest BCUT2D eigenvalue weighted by Crippen LogP contribution is -1.95. The van der Waals surface area contributed by atoms with Crippen molar-refractivity contribution in [2.75, 3.05) is 0 Å². The Kier molecular flexibility index (Phi) is 1.89. The minimum atomic E-state index is 0.663. The van der Waals surface area contributed by atoms with Crippen molar-refractivity contribution in [1.82, 2.24) is 0 Å². The van der Waals surface area contributed by atoms with Gasteiger partial charge in [-0.05, 0) is 31.6 Å². The van der Waals surface area contributed by atoms with E-state index in [1.165, 1.54) is 12.8 Å². The third-order valence-electron chi connectivity index (χ3n) is 3.16. The van der Waals surface area contributed by atoms with Crippen LogP contribution in [0.4, 0.5) is 0 Å². The van der Waals surface area contributed by atoms with Gasteiger partial charge in [-0.3, -0.25) is 0 Å². The molecule has 10 heavy (non-hydrogen) atoms. The Morgan fingerprint density at radius 2 is 2.30 bits per heavy atom. The lowest BCUT2D eigenvalue weighted by atomic mass is 9.99. The Morgan fingerprint density at radius 1 is 1.70 bits per heavy atom. The molecule has 1 rings (SSSR count). The third-order valence-corrected chi connectivity index (χ3v) is 3.16. The maximum atomic E-state index is 2.39. The molecular weight excluding hydrogens is 120 g/mol. The zero-order chi connectivity index (χ0) is 7.78. The average Bonchev–Trinajstić information content (AvgIpc) is 2.62. The van der Waals surface area contributed by atoms with E-state index in [0.717, 1.165) is 5.92 Å². The molecule has 1 aliphatic carbocycles. The van der Waals surface area contributed by atoms with E-state index in [9.17, 15) is 0 Å². The van der Waals surface area contributed by atoms with E-state index in [4.69, 9.17) is 0 Å². The Morgan fingerprint density at radius 3 is 2.60 bits per heavy atom. The molecule has 0 radical (unpaired) electrons. The summed E-state index contributed by atoms with van der Waals surface area (Å²) in [6, 6.07) is 0. The highest BCUT2D eigenvalue weighted by atomic mass is 14.5. The lowest BCUT2D eigenvalue weighted by molar-refractivity contribution is 0.510. The fourth-order valence-corrected chi connectivity index (χ4v) is 1.71. The van der Waals surface area contributed by atoms with Crippen LogP contribution in [0.3, 0.4) is 0 Å². The zero-order valence-corrected chi connectivity index (χ0v) is 7.57. The highest BCUT2D eigenvalue weighted by molar-refractivity contribution is 5.17. The van der Waals surface area contributed by atoms with Crippen LogP contribution in [-0.4, -0.2) is 0 Å². The summed E-state index contributed by atoms with van der Waals surface area (Å²) in [6.07, 6.45) is 5.01. The normalized spacial score (nSPS) is 40.0. The van der Waals surface area contributed by atoms with Gasteiger partial charge in [0.1, 0.15) is 0 Å². The van der Waals surface area contributed by atoms with Crippen molar-refractivity contribution in [2.45, 2.75) is 40.5 Å². The standard InChI is InChI=1S/C10H18/c1-5-8(3)9-7-10(9,4)6-2/h5,9H,6-7H2,1-4H3. The molecule has 2 unspecified atom stereocenters. The topological polar surface area (TPSA) is 0 Å². The van der Waals surface area contributed by atoms with E-state index in [1.54, 1.807) is 5.57 Å². The summed E-state index contributed by atoms with van der Waals surface area (Å²) in [7, 11) is 0. The number of rotatable bonds is 2. The van der Waals surface area contributed by atoms with Crippen molar-refractivity contribution in [3.05, 3.63) is 11.6 Å². The van der Waals surface area contributed by atoms with Crippen LogP contribution in [0.1, 0.15) is 40.5 Å². The van der Waals surface area contributed by atoms with Crippen LogP contribution in [0.15, 0.2) is 11.6 Å². The summed E-state index contributed by atoms with van der Waals surface area (Å²) in [5.74, 6) is 0.905. The maximum Gasteiger partial charge on any atom is -0.0147 e. The van der Waals surface area contributed by atoms with Gasteiger partial charge in [-0.15, -0.1) is 0 Å². The van der Waals surface area contributed by atoms with Crippen LogP contribution in [0.25, 0.3) is 0 Å². The quantitative estimate of drug-likeness (QED) is 0.513. The molecule has 0 N–H and O–H groups in total. The van der Waals surface area contributed by atoms with E-state index in [2.05, 4.69) is 33.8 Å². The molecule has 2 atom stereocenters. The Labute approximate surface area is 64.3 Å². The van der Waals surface area contributed by atoms with Gasteiger partial charge >= 0.3 is 0 Å². The van der Waals surface area contributed by atoms with Crippen LogP contribution in [0.5, 0.6) is 0 Å². The molecule has 1 fully saturated rings. The molecule has 0 heterocycles. The predicted molar refractivity (Wildman–Crippen MR) is 45.9 cm³/mol. The van der Waals surface area contributed by atoms with E-state index in [-0.39, 0.29) is 0 Å². The summed E-state index contributed by atoms with van der Waals surface area (Å²) in [4.78, 5) is 0. The fourth-order valence-electron chi connectivity index (χ4n) is 1.71. The van der Waals surface area contributed by atoms with Crippen LogP contribution in [-0.2, 0) is 0 Å². The van der Waals surface area contributed by atoms with Gasteiger partial charge in [-0.25, -0.2) is 0 Å². The molecule has 0 aromatic rings. The Hall–Kier alpha value is -0.260. The van der Waals surface area contributed by atoms with Crippen LogP contribution < -0.4 is 0 Å². The average molecular weight is 138 g/mol. The molecule has 0 aromatic carbocycles. The molecule has 0 aliphatic heterocycles. The zero-order valence-electron chi connectivity index (χ0n) is 7.57. The highest BCUT2D eigenvalue weighted by Crippen LogP contribution is 2.58. The molecule has 0 saturated heterocycles. The largest absolute Gasteiger partial charge is 0.0884 e. The number of allylic oxidation sites excluding steroid dienone is 2. The first-order chi connectivity index (χ1) is 4.64. The van der Waals surface area contributed by atoms with Gasteiger partial charge in [0.25, 0.3) is 0 Å². The van der Waals surface area contributed by atoms with E-state index in [1.807, 2.05) is 0 Å². The van der Waals surface area contributed by atoms with Gasteiger partial charge in [0.15, 0.2) is 0 Å². The molecule has 0 spiro atoms. The molecule has 0 aromatic heterocycles. The highest BCUT2D eigenvalue weighted by Gasteiger charge is 2.48. The first-order valence-electron chi connectivity index (χ1n) is 4.27. The monoisotopic (exact) mass is 138 g/mol. The second kappa shape index (κ2) is 2.41. The Balaban J connectivity index is 2.52. The van der Waals surface area contributed by atoms with Crippen molar-refractivity contribution in [1.29, 1.82) is 0 Å². The minimum Gasteiger partial charge on any atom is -0.0884 e. The van der Waals surface area contributed by atoms with Gasteiger partial charge in [0, 0.05) is 0 Å². The van der Waals surface area contributed by atoms with Crippen LogP contribution >= 0.6 is 0 Å². The van der Waals surface area contributed by atoms with Crippen molar-refractivity contribution < 1.29 is 0 Å². The van der Waals surface area contributed by atoms with Crippen LogP contribution in [0.2, 0.25) is 0 Å². The molecular formula is C10H18. The van der Waals surface area contributed by atoms with Crippen molar-refractivity contribution in [3.8, 4) is 0 Å². The number of hydrogen-bond donors (Lipinski definition) is 0. The summed E-state index contributed by atoms with van der Waals surface area (Å²) in [6.45, 7) is 9.09. The van der Waals surface area contributed by atoms with Gasteiger partial charge < -0.3 is 0 Å². The van der Waals surface area contributed by atoms with Crippen molar-refractivity contribution in [3.63, 3.8) is 0 Å². The fraction of sp³-hybridized carbons (Fsp3) is 0.800. The summed E-state index contributed by atoms with van der Waals surface area (Å²) >= 11 is 0. The number of hydrogen-bond acceptors (Lipinski definition) is 0. The van der Waals surface area contributed by atoms with E-state index in [0.29, 0.717) is 5.41 Å². The van der Waals surface area contributed by atoms with Crippen molar-refractivity contribution >= 4 is 0 Å². The van der Waals surface area contributed by atoms with Gasteiger partial charge in [0.05, 0.1) is 0 Å².